The van der Waals surface area contributed by atoms with Crippen LogP contribution in [0.5, 0.6) is 0 Å². The molecule has 10 rings (SSSR count). The van der Waals surface area contributed by atoms with Gasteiger partial charge in [-0.05, 0) is 135 Å². The Balaban J connectivity index is 0.941. The number of fused-ring (bicyclic) bond motifs is 6. The lowest BCUT2D eigenvalue weighted by Gasteiger charge is -2.28. The van der Waals surface area contributed by atoms with Gasteiger partial charge in [-0.2, -0.15) is 0 Å². The van der Waals surface area contributed by atoms with Gasteiger partial charge in [-0.25, -0.2) is 0 Å². The lowest BCUT2D eigenvalue weighted by atomic mass is 9.81. The van der Waals surface area contributed by atoms with Crippen molar-refractivity contribution < 1.29 is 0 Å². The lowest BCUT2D eigenvalue weighted by molar-refractivity contribution is 0.660. The Kier molecular flexibility index (Phi) is 8.95. The fourth-order valence-corrected chi connectivity index (χ4v) is 9.51. The van der Waals surface area contributed by atoms with Crippen molar-refractivity contribution in [2.24, 2.45) is 0 Å². The number of rotatable bonds is 8. The van der Waals surface area contributed by atoms with E-state index >= 15 is 0 Å². The highest BCUT2D eigenvalue weighted by Gasteiger charge is 2.37. The Hall–Kier alpha value is -6.90. The van der Waals surface area contributed by atoms with E-state index in [2.05, 4.69) is 244 Å². The summed E-state index contributed by atoms with van der Waals surface area (Å²) in [6.45, 7) is 9.49. The number of benzene rings is 7. The topological polar surface area (TPSA) is 6.48 Å². The second kappa shape index (κ2) is 14.5. The van der Waals surface area contributed by atoms with Gasteiger partial charge in [0.25, 0.3) is 0 Å². The molecule has 2 nitrogen and oxygen atoms in total. The van der Waals surface area contributed by atoms with E-state index in [0.29, 0.717) is 0 Å². The first-order chi connectivity index (χ1) is 28.8. The molecule has 2 heteroatoms. The maximum atomic E-state index is 2.41. The van der Waals surface area contributed by atoms with E-state index in [0.717, 1.165) is 29.2 Å². The molecular weight excluding hydrogens is 713 g/mol. The quantitative estimate of drug-likeness (QED) is 0.142. The molecule has 7 aromatic rings. The van der Waals surface area contributed by atoms with Crippen molar-refractivity contribution in [3.05, 3.63) is 233 Å². The van der Waals surface area contributed by atoms with Crippen LogP contribution in [-0.4, -0.2) is 0 Å². The van der Waals surface area contributed by atoms with Crippen molar-refractivity contribution in [1.29, 1.82) is 0 Å². The van der Waals surface area contributed by atoms with Crippen LogP contribution in [0.2, 0.25) is 0 Å². The maximum absolute atomic E-state index is 2.41. The standard InChI is InChI=1S/C57H48N2/c1-56(2)52-36-40(28-32-48(52)50-34-30-46(38-54(50)56)58(43-20-12-7-13-21-43)42-18-10-5-6-11-19-42)26-27-41-29-33-49-51-35-31-47(39-55(51)57(3,4)53(49)37-41)59(44-22-14-8-15-23-44)45-24-16-9-17-25-45/h5,7-39H,6H2,1-4H3/b27-26+. The third-order valence-electron chi connectivity index (χ3n) is 12.6. The molecule has 3 aliphatic rings. The largest absolute Gasteiger partial charge is 0.311 e. The molecule has 7 aromatic carbocycles. The average Bonchev–Trinajstić information content (AvgIpc) is 3.44. The summed E-state index contributed by atoms with van der Waals surface area (Å²) in [5.41, 5.74) is 19.8. The van der Waals surface area contributed by atoms with Gasteiger partial charge < -0.3 is 9.80 Å². The van der Waals surface area contributed by atoms with Crippen molar-refractivity contribution in [2.45, 2.75) is 44.9 Å². The van der Waals surface area contributed by atoms with E-state index in [-0.39, 0.29) is 10.8 Å². The highest BCUT2D eigenvalue weighted by Crippen LogP contribution is 2.52. The number of para-hydroxylation sites is 3. The van der Waals surface area contributed by atoms with E-state index in [1.54, 1.807) is 0 Å². The van der Waals surface area contributed by atoms with Gasteiger partial charge in [0.2, 0.25) is 0 Å². The SMILES string of the molecule is CC1(C)c2cc(/C=C/c3ccc4c(c3)C(C)(C)c3cc(N(c5ccccc5)c5ccccc5)ccc3-4)ccc2-c2ccc(N(C3=CC=CCC=C3)c3ccccc3)cc21. The molecule has 0 fully saturated rings. The summed E-state index contributed by atoms with van der Waals surface area (Å²) in [5.74, 6) is 0. The van der Waals surface area contributed by atoms with Gasteiger partial charge in [0.05, 0.1) is 0 Å². The first-order valence-electron chi connectivity index (χ1n) is 20.8. The smallest absolute Gasteiger partial charge is 0.0465 e. The molecule has 0 atom stereocenters. The van der Waals surface area contributed by atoms with Crippen molar-refractivity contribution in [2.75, 3.05) is 9.80 Å². The van der Waals surface area contributed by atoms with Crippen LogP contribution < -0.4 is 9.80 Å². The van der Waals surface area contributed by atoms with Crippen molar-refractivity contribution in [3.63, 3.8) is 0 Å². The molecule has 286 valence electrons. The number of anilines is 5. The van der Waals surface area contributed by atoms with Crippen LogP contribution in [0.25, 0.3) is 34.4 Å². The molecule has 0 heterocycles. The van der Waals surface area contributed by atoms with Crippen LogP contribution >= 0.6 is 0 Å². The van der Waals surface area contributed by atoms with E-state index in [1.165, 1.54) is 67.0 Å². The lowest BCUT2D eigenvalue weighted by Crippen LogP contribution is -2.18. The average molecular weight is 761 g/mol. The maximum Gasteiger partial charge on any atom is 0.0465 e. The Morgan fingerprint density at radius 1 is 0.407 bits per heavy atom. The van der Waals surface area contributed by atoms with Crippen LogP contribution in [0.4, 0.5) is 28.4 Å². The molecule has 0 aromatic heterocycles. The van der Waals surface area contributed by atoms with Crippen molar-refractivity contribution in [1.82, 2.24) is 0 Å². The first-order valence-corrected chi connectivity index (χ1v) is 20.8. The summed E-state index contributed by atoms with van der Waals surface area (Å²) in [4.78, 5) is 4.73. The molecule has 3 aliphatic carbocycles. The van der Waals surface area contributed by atoms with Crippen LogP contribution in [0, 0.1) is 0 Å². The normalized spacial score (nSPS) is 15.2. The molecule has 0 bridgehead atoms. The van der Waals surface area contributed by atoms with Crippen LogP contribution in [0.1, 0.15) is 67.5 Å². The van der Waals surface area contributed by atoms with Crippen LogP contribution in [0.3, 0.4) is 0 Å². The first kappa shape index (κ1) is 36.4. The third-order valence-corrected chi connectivity index (χ3v) is 12.6. The molecule has 0 spiro atoms. The van der Waals surface area contributed by atoms with E-state index in [1.807, 2.05) is 0 Å². The predicted molar refractivity (Wildman–Crippen MR) is 251 cm³/mol. The predicted octanol–water partition coefficient (Wildman–Crippen LogP) is 15.5. The number of nitrogens with zero attached hydrogens (tertiary/aromatic N) is 2. The van der Waals surface area contributed by atoms with E-state index < -0.39 is 0 Å². The third kappa shape index (κ3) is 6.37. The highest BCUT2D eigenvalue weighted by atomic mass is 15.1. The minimum absolute atomic E-state index is 0.151. The monoisotopic (exact) mass is 760 g/mol. The summed E-state index contributed by atoms with van der Waals surface area (Å²) < 4.78 is 0. The second-order valence-corrected chi connectivity index (χ2v) is 17.0. The van der Waals surface area contributed by atoms with Gasteiger partial charge in [0.15, 0.2) is 0 Å². The molecule has 0 aliphatic heterocycles. The van der Waals surface area contributed by atoms with Gasteiger partial charge in [-0.3, -0.25) is 0 Å². The minimum Gasteiger partial charge on any atom is -0.311 e. The zero-order chi connectivity index (χ0) is 40.1. The summed E-state index contributed by atoms with van der Waals surface area (Å²) in [6.07, 6.45) is 16.6. The molecule has 0 radical (unpaired) electrons. The zero-order valence-electron chi connectivity index (χ0n) is 34.2. The molecule has 0 amide bonds. The number of allylic oxidation sites excluding steroid dienone is 5. The fraction of sp³-hybridized carbons (Fsp3) is 0.123. The molecular formula is C57H48N2. The van der Waals surface area contributed by atoms with Crippen LogP contribution in [0.15, 0.2) is 200 Å². The van der Waals surface area contributed by atoms with E-state index in [4.69, 9.17) is 0 Å². The molecule has 59 heavy (non-hydrogen) atoms. The van der Waals surface area contributed by atoms with Crippen molar-refractivity contribution >= 4 is 40.6 Å². The van der Waals surface area contributed by atoms with Gasteiger partial charge in [0, 0.05) is 45.0 Å². The van der Waals surface area contributed by atoms with Gasteiger partial charge in [-0.15, -0.1) is 0 Å². The Morgan fingerprint density at radius 2 is 0.814 bits per heavy atom. The summed E-state index contributed by atoms with van der Waals surface area (Å²) >= 11 is 0. The van der Waals surface area contributed by atoms with Crippen molar-refractivity contribution in [3.8, 4) is 22.3 Å². The molecule has 0 saturated carbocycles. The van der Waals surface area contributed by atoms with Gasteiger partial charge in [-0.1, -0.05) is 161 Å². The zero-order valence-corrected chi connectivity index (χ0v) is 34.2. The fourth-order valence-electron chi connectivity index (χ4n) is 9.51. The summed E-state index contributed by atoms with van der Waals surface area (Å²) in [7, 11) is 0. The number of hydrogen-bond acceptors (Lipinski definition) is 2. The number of hydrogen-bond donors (Lipinski definition) is 0. The highest BCUT2D eigenvalue weighted by molar-refractivity contribution is 5.88. The molecule has 0 unspecified atom stereocenters. The Labute approximate surface area is 349 Å². The summed E-state index contributed by atoms with van der Waals surface area (Å²) in [6, 6.07) is 60.1. The van der Waals surface area contributed by atoms with E-state index in [9.17, 15) is 0 Å². The summed E-state index contributed by atoms with van der Waals surface area (Å²) in [5, 5.41) is 0. The van der Waals surface area contributed by atoms with Gasteiger partial charge >= 0.3 is 0 Å². The van der Waals surface area contributed by atoms with Gasteiger partial charge in [0.1, 0.15) is 0 Å². The Bertz CT molecular complexity index is 2800. The second-order valence-electron chi connectivity index (χ2n) is 17.0. The molecule has 0 saturated heterocycles. The molecule has 0 N–H and O–H groups in total. The minimum atomic E-state index is -0.153. The Morgan fingerprint density at radius 3 is 1.29 bits per heavy atom. The van der Waals surface area contributed by atoms with Crippen LogP contribution in [-0.2, 0) is 10.8 Å².